The molecule has 2 aromatic carbocycles. The molecule has 0 aliphatic heterocycles. The largest absolute Gasteiger partial charge is 0.326 e. The number of anilines is 2. The summed E-state index contributed by atoms with van der Waals surface area (Å²) >= 11 is 0. The Morgan fingerprint density at radius 1 is 1.07 bits per heavy atom. The van der Waals surface area contributed by atoms with E-state index in [1.165, 1.54) is 26.1 Å². The summed E-state index contributed by atoms with van der Waals surface area (Å²) in [5, 5.41) is 5.43. The number of halogens is 1. The number of nitrogens with one attached hydrogen (secondary N) is 2. The second-order valence-corrected chi connectivity index (χ2v) is 8.69. The Hall–Kier alpha value is -2.78. The van der Waals surface area contributed by atoms with Gasteiger partial charge < -0.3 is 10.6 Å². The van der Waals surface area contributed by atoms with E-state index >= 15 is 0 Å². The molecule has 0 aliphatic carbocycles. The number of aryl methyl sites for hydroxylation is 1. The second-order valence-electron chi connectivity index (χ2n) is 6.64. The molecule has 0 bridgehead atoms. The molecule has 2 rings (SSSR count). The zero-order chi connectivity index (χ0) is 21.6. The van der Waals surface area contributed by atoms with Crippen molar-refractivity contribution in [1.82, 2.24) is 4.31 Å². The summed E-state index contributed by atoms with van der Waals surface area (Å²) in [6.45, 7) is 3.38. The van der Waals surface area contributed by atoms with Gasteiger partial charge in [0.25, 0.3) is 0 Å². The average molecular weight is 421 g/mol. The van der Waals surface area contributed by atoms with Crippen molar-refractivity contribution in [1.29, 1.82) is 0 Å². The van der Waals surface area contributed by atoms with Crippen molar-refractivity contribution >= 4 is 33.2 Å². The summed E-state index contributed by atoms with van der Waals surface area (Å²) < 4.78 is 39.0. The first-order valence-electron chi connectivity index (χ1n) is 8.99. The van der Waals surface area contributed by atoms with E-state index in [0.29, 0.717) is 17.8 Å². The molecule has 0 saturated heterocycles. The van der Waals surface area contributed by atoms with E-state index < -0.39 is 15.8 Å². The monoisotopic (exact) mass is 421 g/mol. The van der Waals surface area contributed by atoms with Crippen molar-refractivity contribution < 1.29 is 22.4 Å². The minimum absolute atomic E-state index is 0.00370. The van der Waals surface area contributed by atoms with Gasteiger partial charge in [-0.1, -0.05) is 6.07 Å². The van der Waals surface area contributed by atoms with Gasteiger partial charge in [-0.25, -0.2) is 17.1 Å². The Morgan fingerprint density at radius 3 is 2.34 bits per heavy atom. The van der Waals surface area contributed by atoms with Crippen LogP contribution in [0.4, 0.5) is 15.8 Å². The third-order valence-corrected chi connectivity index (χ3v) is 6.10. The molecule has 2 amide bonds. The number of rotatable bonds is 8. The molecule has 0 aromatic heterocycles. The lowest BCUT2D eigenvalue weighted by Gasteiger charge is -2.17. The standard InChI is InChI=1S/C20H24FN3O4S/c1-14-6-9-17(13-19(14)22-15(2)25)23-20(26)5-4-12-24(3)29(27,28)18-10-7-16(21)8-11-18/h6-11,13H,4-5,12H2,1-3H3,(H,22,25)(H,23,26). The van der Waals surface area contributed by atoms with E-state index in [1.807, 2.05) is 6.92 Å². The van der Waals surface area contributed by atoms with Gasteiger partial charge in [-0.2, -0.15) is 0 Å². The smallest absolute Gasteiger partial charge is 0.242 e. The maximum atomic E-state index is 13.0. The van der Waals surface area contributed by atoms with E-state index in [4.69, 9.17) is 0 Å². The number of hydrogen-bond donors (Lipinski definition) is 2. The van der Waals surface area contributed by atoms with Gasteiger partial charge in [-0.05, 0) is 55.3 Å². The number of carbonyl (C=O) groups is 2. The molecular formula is C20H24FN3O4S. The third-order valence-electron chi connectivity index (χ3n) is 4.23. The molecule has 2 aromatic rings. The second kappa shape index (κ2) is 9.62. The molecule has 0 saturated carbocycles. The maximum absolute atomic E-state index is 13.0. The first-order valence-corrected chi connectivity index (χ1v) is 10.4. The zero-order valence-corrected chi connectivity index (χ0v) is 17.3. The number of amides is 2. The van der Waals surface area contributed by atoms with Gasteiger partial charge in [-0.15, -0.1) is 0 Å². The minimum atomic E-state index is -3.74. The third kappa shape index (κ3) is 6.37. The Balaban J connectivity index is 1.89. The van der Waals surface area contributed by atoms with Crippen molar-refractivity contribution in [2.75, 3.05) is 24.2 Å². The van der Waals surface area contributed by atoms with E-state index in [2.05, 4.69) is 10.6 Å². The van der Waals surface area contributed by atoms with Crippen molar-refractivity contribution in [3.8, 4) is 0 Å². The summed E-state index contributed by atoms with van der Waals surface area (Å²) in [7, 11) is -2.33. The van der Waals surface area contributed by atoms with Crippen LogP contribution in [-0.2, 0) is 19.6 Å². The van der Waals surface area contributed by atoms with Gasteiger partial charge in [0.05, 0.1) is 4.90 Å². The highest BCUT2D eigenvalue weighted by Gasteiger charge is 2.20. The fourth-order valence-electron chi connectivity index (χ4n) is 2.62. The molecule has 0 heterocycles. The zero-order valence-electron chi connectivity index (χ0n) is 16.5. The van der Waals surface area contributed by atoms with E-state index in [0.717, 1.165) is 22.0 Å². The van der Waals surface area contributed by atoms with Crippen LogP contribution in [0.5, 0.6) is 0 Å². The molecular weight excluding hydrogens is 397 g/mol. The van der Waals surface area contributed by atoms with Crippen molar-refractivity contribution in [3.63, 3.8) is 0 Å². The number of sulfonamides is 1. The van der Waals surface area contributed by atoms with Gasteiger partial charge in [0, 0.05) is 38.3 Å². The number of nitrogens with zero attached hydrogens (tertiary/aromatic N) is 1. The molecule has 0 aliphatic rings. The highest BCUT2D eigenvalue weighted by atomic mass is 32.2. The van der Waals surface area contributed by atoms with Crippen LogP contribution in [0, 0.1) is 12.7 Å². The quantitative estimate of drug-likeness (QED) is 0.685. The number of benzene rings is 2. The summed E-state index contributed by atoms with van der Waals surface area (Å²) in [6.07, 6.45) is 0.430. The van der Waals surface area contributed by atoms with Crippen molar-refractivity contribution in [2.24, 2.45) is 0 Å². The highest BCUT2D eigenvalue weighted by molar-refractivity contribution is 7.89. The van der Waals surface area contributed by atoms with Crippen LogP contribution in [0.1, 0.15) is 25.3 Å². The van der Waals surface area contributed by atoms with E-state index in [9.17, 15) is 22.4 Å². The molecule has 0 atom stereocenters. The van der Waals surface area contributed by atoms with Crippen LogP contribution in [-0.4, -0.2) is 38.1 Å². The predicted molar refractivity (Wildman–Crippen MR) is 110 cm³/mol. The molecule has 0 fully saturated rings. The molecule has 0 unspecified atom stereocenters. The summed E-state index contributed by atoms with van der Waals surface area (Å²) in [5.41, 5.74) is 2.02. The van der Waals surface area contributed by atoms with Crippen LogP contribution < -0.4 is 10.6 Å². The molecule has 2 N–H and O–H groups in total. The highest BCUT2D eigenvalue weighted by Crippen LogP contribution is 2.21. The normalized spacial score (nSPS) is 11.3. The number of carbonyl (C=O) groups excluding carboxylic acids is 2. The number of hydrogen-bond acceptors (Lipinski definition) is 4. The van der Waals surface area contributed by atoms with Crippen LogP contribution in [0.25, 0.3) is 0 Å². The van der Waals surface area contributed by atoms with E-state index in [-0.39, 0.29) is 29.7 Å². The molecule has 9 heteroatoms. The van der Waals surface area contributed by atoms with E-state index in [1.54, 1.807) is 18.2 Å². The SMILES string of the molecule is CC(=O)Nc1cc(NC(=O)CCCN(C)S(=O)(=O)c2ccc(F)cc2)ccc1C. The van der Waals surface area contributed by atoms with Crippen molar-refractivity contribution in [3.05, 3.63) is 53.8 Å². The van der Waals surface area contributed by atoms with Gasteiger partial charge >= 0.3 is 0 Å². The van der Waals surface area contributed by atoms with Crippen LogP contribution in [0.15, 0.2) is 47.4 Å². The van der Waals surface area contributed by atoms with Crippen LogP contribution >= 0.6 is 0 Å². The first kappa shape index (κ1) is 22.5. The van der Waals surface area contributed by atoms with Gasteiger partial charge in [0.2, 0.25) is 21.8 Å². The average Bonchev–Trinajstić information content (AvgIpc) is 2.64. The van der Waals surface area contributed by atoms with Gasteiger partial charge in [-0.3, -0.25) is 9.59 Å². The maximum Gasteiger partial charge on any atom is 0.242 e. The topological polar surface area (TPSA) is 95.6 Å². The fraction of sp³-hybridized carbons (Fsp3) is 0.300. The molecule has 0 spiro atoms. The van der Waals surface area contributed by atoms with Gasteiger partial charge in [0.1, 0.15) is 5.82 Å². The fourth-order valence-corrected chi connectivity index (χ4v) is 3.83. The molecule has 0 radical (unpaired) electrons. The Bertz CT molecular complexity index is 991. The summed E-state index contributed by atoms with van der Waals surface area (Å²) in [5.74, 6) is -0.988. The first-order chi connectivity index (χ1) is 13.6. The lowest BCUT2D eigenvalue weighted by molar-refractivity contribution is -0.116. The minimum Gasteiger partial charge on any atom is -0.326 e. The molecule has 156 valence electrons. The lowest BCUT2D eigenvalue weighted by atomic mass is 10.1. The predicted octanol–water partition coefficient (Wildman–Crippen LogP) is 3.13. The lowest BCUT2D eigenvalue weighted by Crippen LogP contribution is -2.28. The summed E-state index contributed by atoms with van der Waals surface area (Å²) in [6, 6.07) is 9.76. The van der Waals surface area contributed by atoms with Gasteiger partial charge in [0.15, 0.2) is 0 Å². The Labute approximate surface area is 170 Å². The van der Waals surface area contributed by atoms with Crippen molar-refractivity contribution in [2.45, 2.75) is 31.6 Å². The van der Waals surface area contributed by atoms with Crippen LogP contribution in [0.3, 0.4) is 0 Å². The Kier molecular flexibility index (Phi) is 7.46. The summed E-state index contributed by atoms with van der Waals surface area (Å²) in [4.78, 5) is 23.4. The van der Waals surface area contributed by atoms with Crippen LogP contribution in [0.2, 0.25) is 0 Å². The Morgan fingerprint density at radius 2 is 1.72 bits per heavy atom. The molecule has 29 heavy (non-hydrogen) atoms. The molecule has 7 nitrogen and oxygen atoms in total.